The van der Waals surface area contributed by atoms with Gasteiger partial charge in [-0.05, 0) is 64.9 Å². The Morgan fingerprint density at radius 2 is 1.92 bits per heavy atom. The third-order valence-corrected chi connectivity index (χ3v) is 4.40. The summed E-state index contributed by atoms with van der Waals surface area (Å²) in [7, 11) is 4.19. The zero-order valence-corrected chi connectivity index (χ0v) is 15.3. The maximum atomic E-state index is 12.2. The molecule has 4 heteroatoms. The van der Waals surface area contributed by atoms with Gasteiger partial charge >= 0.3 is 0 Å². The Balaban J connectivity index is 2.45. The summed E-state index contributed by atoms with van der Waals surface area (Å²) in [5.41, 5.74) is 10.7. The molecule has 1 aromatic carbocycles. The molecule has 1 aromatic heterocycles. The van der Waals surface area contributed by atoms with E-state index in [-0.39, 0.29) is 5.78 Å². The van der Waals surface area contributed by atoms with Crippen LogP contribution in [0.25, 0.3) is 16.5 Å². The predicted octanol–water partition coefficient (Wildman–Crippen LogP) is 3.72. The molecule has 0 fully saturated rings. The minimum atomic E-state index is 0.0236. The Morgan fingerprint density at radius 3 is 2.54 bits per heavy atom. The number of allylic oxidation sites excluding steroid dienone is 2. The van der Waals surface area contributed by atoms with E-state index in [0.29, 0.717) is 17.7 Å². The number of carbonyl (C=O) groups excluding carboxylic acids is 1. The normalized spacial score (nSPS) is 12.7. The molecule has 130 valence electrons. The van der Waals surface area contributed by atoms with Gasteiger partial charge in [0.15, 0.2) is 5.78 Å². The number of carbonyl (C=O) groups is 1. The highest BCUT2D eigenvalue weighted by atomic mass is 16.1. The minimum Gasteiger partial charge on any atom is -0.401 e. The standard InChI is InChI=1S/C20H29N3O/c1-5-17(21)19(14(2)24)20-16(11-8-9-13-23(3)4)15-10-6-7-12-18(15)22-20/h6-7,10,12,22H,5,8-9,11,13,21H2,1-4H3/b19-17+. The topological polar surface area (TPSA) is 62.1 Å². The van der Waals surface area contributed by atoms with Gasteiger partial charge < -0.3 is 15.6 Å². The zero-order valence-electron chi connectivity index (χ0n) is 15.3. The van der Waals surface area contributed by atoms with Gasteiger partial charge in [0.2, 0.25) is 0 Å². The van der Waals surface area contributed by atoms with Crippen molar-refractivity contribution in [2.45, 2.75) is 39.5 Å². The second-order valence-electron chi connectivity index (χ2n) is 6.59. The SMILES string of the molecule is CC/C(N)=C(/C(C)=O)c1[nH]c2ccccc2c1CCCCN(C)C. The molecule has 0 aliphatic rings. The molecular weight excluding hydrogens is 298 g/mol. The molecule has 0 bridgehead atoms. The molecule has 24 heavy (non-hydrogen) atoms. The van der Waals surface area contributed by atoms with E-state index in [2.05, 4.69) is 36.1 Å². The molecule has 0 aliphatic carbocycles. The molecule has 3 N–H and O–H groups in total. The van der Waals surface area contributed by atoms with E-state index in [9.17, 15) is 4.79 Å². The van der Waals surface area contributed by atoms with Crippen molar-refractivity contribution in [3.63, 3.8) is 0 Å². The molecule has 0 unspecified atom stereocenters. The number of hydrogen-bond acceptors (Lipinski definition) is 3. The Kier molecular flexibility index (Phi) is 6.21. The van der Waals surface area contributed by atoms with Gasteiger partial charge in [-0.15, -0.1) is 0 Å². The monoisotopic (exact) mass is 327 g/mol. The van der Waals surface area contributed by atoms with Crippen LogP contribution in [0.3, 0.4) is 0 Å². The van der Waals surface area contributed by atoms with Crippen LogP contribution in [0.2, 0.25) is 0 Å². The number of nitrogens with two attached hydrogens (primary N) is 1. The lowest BCUT2D eigenvalue weighted by Gasteiger charge is -2.11. The Labute approximate surface area is 144 Å². The summed E-state index contributed by atoms with van der Waals surface area (Å²) in [6.45, 7) is 4.65. The first kappa shape index (κ1) is 18.3. The number of aromatic nitrogens is 1. The lowest BCUT2D eigenvalue weighted by molar-refractivity contribution is -0.111. The summed E-state index contributed by atoms with van der Waals surface area (Å²) in [5.74, 6) is 0.0236. The smallest absolute Gasteiger partial charge is 0.163 e. The lowest BCUT2D eigenvalue weighted by Crippen LogP contribution is -2.13. The minimum absolute atomic E-state index is 0.0236. The summed E-state index contributed by atoms with van der Waals surface area (Å²) in [4.78, 5) is 17.9. The van der Waals surface area contributed by atoms with E-state index < -0.39 is 0 Å². The summed E-state index contributed by atoms with van der Waals surface area (Å²) >= 11 is 0. The average molecular weight is 327 g/mol. The number of aryl methyl sites for hydroxylation is 1. The first-order valence-corrected chi connectivity index (χ1v) is 8.70. The quantitative estimate of drug-likeness (QED) is 0.574. The summed E-state index contributed by atoms with van der Waals surface area (Å²) in [6, 6.07) is 8.24. The van der Waals surface area contributed by atoms with Gasteiger partial charge in [0.1, 0.15) is 0 Å². The third-order valence-electron chi connectivity index (χ3n) is 4.40. The van der Waals surface area contributed by atoms with Crippen molar-refractivity contribution >= 4 is 22.3 Å². The number of fused-ring (bicyclic) bond motifs is 1. The number of nitrogens with zero attached hydrogens (tertiary/aromatic N) is 1. The maximum absolute atomic E-state index is 12.2. The van der Waals surface area contributed by atoms with Gasteiger partial charge in [0, 0.05) is 16.6 Å². The molecular formula is C20H29N3O. The Hall–Kier alpha value is -2.07. The van der Waals surface area contributed by atoms with Crippen molar-refractivity contribution in [1.29, 1.82) is 0 Å². The van der Waals surface area contributed by atoms with Gasteiger partial charge in [0.25, 0.3) is 0 Å². The first-order valence-electron chi connectivity index (χ1n) is 8.70. The van der Waals surface area contributed by atoms with E-state index in [1.165, 1.54) is 10.9 Å². The fraction of sp³-hybridized carbons (Fsp3) is 0.450. The molecule has 0 radical (unpaired) electrons. The number of aromatic amines is 1. The second kappa shape index (κ2) is 8.15. The highest BCUT2D eigenvalue weighted by molar-refractivity contribution is 6.21. The van der Waals surface area contributed by atoms with Crippen molar-refractivity contribution < 1.29 is 4.79 Å². The van der Waals surface area contributed by atoms with Crippen LogP contribution in [0.1, 0.15) is 44.4 Å². The van der Waals surface area contributed by atoms with Crippen LogP contribution < -0.4 is 5.73 Å². The number of rotatable bonds is 8. The van der Waals surface area contributed by atoms with Crippen LogP contribution in [-0.4, -0.2) is 36.3 Å². The number of benzene rings is 1. The average Bonchev–Trinajstić information content (AvgIpc) is 2.89. The van der Waals surface area contributed by atoms with E-state index >= 15 is 0 Å². The molecule has 0 saturated carbocycles. The molecule has 2 rings (SSSR count). The summed E-state index contributed by atoms with van der Waals surface area (Å²) in [6.07, 6.45) is 3.84. The number of hydrogen-bond donors (Lipinski definition) is 2. The highest BCUT2D eigenvalue weighted by Crippen LogP contribution is 2.30. The van der Waals surface area contributed by atoms with Gasteiger partial charge in [-0.25, -0.2) is 0 Å². The summed E-state index contributed by atoms with van der Waals surface area (Å²) < 4.78 is 0. The number of H-pyrrole nitrogens is 1. The van der Waals surface area contributed by atoms with Gasteiger partial charge in [0.05, 0.1) is 11.3 Å². The van der Waals surface area contributed by atoms with Crippen molar-refractivity contribution in [3.8, 4) is 0 Å². The van der Waals surface area contributed by atoms with Crippen LogP contribution in [0.15, 0.2) is 30.0 Å². The fourth-order valence-electron chi connectivity index (χ4n) is 3.14. The largest absolute Gasteiger partial charge is 0.401 e. The van der Waals surface area contributed by atoms with E-state index in [0.717, 1.165) is 37.0 Å². The molecule has 2 aromatic rings. The van der Waals surface area contributed by atoms with Crippen molar-refractivity contribution in [2.75, 3.05) is 20.6 Å². The van der Waals surface area contributed by atoms with Crippen LogP contribution in [0.4, 0.5) is 0 Å². The third kappa shape index (κ3) is 4.06. The molecule has 0 spiro atoms. The fourth-order valence-corrected chi connectivity index (χ4v) is 3.14. The van der Waals surface area contributed by atoms with Gasteiger partial charge in [-0.1, -0.05) is 25.1 Å². The molecule has 0 amide bonds. The van der Waals surface area contributed by atoms with Crippen molar-refractivity contribution in [3.05, 3.63) is 41.2 Å². The van der Waals surface area contributed by atoms with Crippen molar-refractivity contribution in [1.82, 2.24) is 9.88 Å². The first-order chi connectivity index (χ1) is 11.5. The van der Waals surface area contributed by atoms with Crippen LogP contribution in [-0.2, 0) is 11.2 Å². The second-order valence-corrected chi connectivity index (χ2v) is 6.59. The maximum Gasteiger partial charge on any atom is 0.163 e. The van der Waals surface area contributed by atoms with E-state index in [1.807, 2.05) is 19.1 Å². The molecule has 0 atom stereocenters. The predicted molar refractivity (Wildman–Crippen MR) is 102 cm³/mol. The number of Topliss-reactive ketones (excluding diaryl/α,β-unsaturated/α-hetero) is 1. The number of ketones is 1. The van der Waals surface area contributed by atoms with Crippen molar-refractivity contribution in [2.24, 2.45) is 5.73 Å². The molecule has 1 heterocycles. The molecule has 0 saturated heterocycles. The Morgan fingerprint density at radius 1 is 1.21 bits per heavy atom. The Bertz CT molecular complexity index is 740. The van der Waals surface area contributed by atoms with Crippen LogP contribution in [0, 0.1) is 0 Å². The van der Waals surface area contributed by atoms with Crippen LogP contribution in [0.5, 0.6) is 0 Å². The molecule has 0 aliphatic heterocycles. The zero-order chi connectivity index (χ0) is 17.7. The summed E-state index contributed by atoms with van der Waals surface area (Å²) in [5, 5.41) is 1.19. The van der Waals surface area contributed by atoms with E-state index in [4.69, 9.17) is 5.73 Å². The van der Waals surface area contributed by atoms with Crippen LogP contribution >= 0.6 is 0 Å². The van der Waals surface area contributed by atoms with Gasteiger partial charge in [-0.2, -0.15) is 0 Å². The number of nitrogens with one attached hydrogen (secondary N) is 1. The number of para-hydroxylation sites is 1. The molecule has 4 nitrogen and oxygen atoms in total. The highest BCUT2D eigenvalue weighted by Gasteiger charge is 2.19. The van der Waals surface area contributed by atoms with Gasteiger partial charge in [-0.3, -0.25) is 4.79 Å². The van der Waals surface area contributed by atoms with E-state index in [1.54, 1.807) is 6.92 Å². The number of unbranched alkanes of at least 4 members (excludes halogenated alkanes) is 1. The lowest BCUT2D eigenvalue weighted by atomic mass is 9.96.